The van der Waals surface area contributed by atoms with Crippen LogP contribution in [0.4, 0.5) is 5.69 Å². The maximum Gasteiger partial charge on any atom is 0.240 e. The van der Waals surface area contributed by atoms with E-state index in [1.165, 1.54) is 7.05 Å². The van der Waals surface area contributed by atoms with Crippen LogP contribution in [0, 0.1) is 0 Å². The van der Waals surface area contributed by atoms with E-state index in [2.05, 4.69) is 20.0 Å². The van der Waals surface area contributed by atoms with Crippen LogP contribution in [-0.4, -0.2) is 25.4 Å². The molecule has 1 aromatic heterocycles. The molecule has 0 amide bonds. The summed E-state index contributed by atoms with van der Waals surface area (Å²) < 4.78 is 25.4. The first kappa shape index (κ1) is 13.6. The summed E-state index contributed by atoms with van der Waals surface area (Å²) in [6.07, 6.45) is 3.45. The zero-order valence-corrected chi connectivity index (χ0v) is 11.5. The number of aromatic amines is 1. The van der Waals surface area contributed by atoms with E-state index in [0.29, 0.717) is 0 Å². The molecule has 2 rings (SSSR count). The van der Waals surface area contributed by atoms with Gasteiger partial charge in [-0.15, -0.1) is 0 Å². The van der Waals surface area contributed by atoms with Crippen LogP contribution in [0.2, 0.25) is 0 Å². The molecule has 1 atom stereocenters. The van der Waals surface area contributed by atoms with Crippen LogP contribution < -0.4 is 10.0 Å². The fourth-order valence-corrected chi connectivity index (χ4v) is 2.41. The van der Waals surface area contributed by atoms with Gasteiger partial charge in [-0.3, -0.25) is 0 Å². The molecule has 1 unspecified atom stereocenters. The average molecular weight is 280 g/mol. The van der Waals surface area contributed by atoms with Crippen LogP contribution >= 0.6 is 0 Å². The third-order valence-corrected chi connectivity index (χ3v) is 4.18. The highest BCUT2D eigenvalue weighted by atomic mass is 32.2. The van der Waals surface area contributed by atoms with E-state index >= 15 is 0 Å². The third kappa shape index (κ3) is 3.12. The van der Waals surface area contributed by atoms with Crippen molar-refractivity contribution >= 4 is 15.7 Å². The second-order valence-corrected chi connectivity index (χ2v) is 5.96. The standard InChI is InChI=1S/C12H16N4O2S/c1-9(12-14-7-8-15-12)16-10-3-5-11(6-4-10)19(17,18)13-2/h3-9,13,16H,1-2H3,(H,14,15). The van der Waals surface area contributed by atoms with Crippen molar-refractivity contribution in [1.29, 1.82) is 0 Å². The molecular weight excluding hydrogens is 264 g/mol. The second-order valence-electron chi connectivity index (χ2n) is 4.07. The first-order valence-corrected chi connectivity index (χ1v) is 7.30. The Hall–Kier alpha value is -1.86. The van der Waals surface area contributed by atoms with E-state index < -0.39 is 10.0 Å². The minimum atomic E-state index is -3.38. The number of sulfonamides is 1. The van der Waals surface area contributed by atoms with Gasteiger partial charge >= 0.3 is 0 Å². The Morgan fingerprint density at radius 2 is 1.95 bits per heavy atom. The van der Waals surface area contributed by atoms with Crippen LogP contribution in [0.5, 0.6) is 0 Å². The second kappa shape index (κ2) is 5.41. The molecule has 0 saturated heterocycles. The smallest absolute Gasteiger partial charge is 0.240 e. The summed E-state index contributed by atoms with van der Waals surface area (Å²) in [4.78, 5) is 7.42. The highest BCUT2D eigenvalue weighted by Gasteiger charge is 2.11. The molecule has 1 aromatic carbocycles. The van der Waals surface area contributed by atoms with E-state index in [1.54, 1.807) is 36.7 Å². The quantitative estimate of drug-likeness (QED) is 0.774. The number of benzene rings is 1. The van der Waals surface area contributed by atoms with Crippen molar-refractivity contribution < 1.29 is 8.42 Å². The fourth-order valence-electron chi connectivity index (χ4n) is 1.68. The van der Waals surface area contributed by atoms with Crippen molar-refractivity contribution in [3.63, 3.8) is 0 Å². The third-order valence-electron chi connectivity index (χ3n) is 2.75. The van der Waals surface area contributed by atoms with Crippen molar-refractivity contribution in [3.8, 4) is 0 Å². The average Bonchev–Trinajstić information content (AvgIpc) is 2.93. The Balaban J connectivity index is 2.11. The van der Waals surface area contributed by atoms with Crippen molar-refractivity contribution in [1.82, 2.24) is 14.7 Å². The molecule has 0 aliphatic heterocycles. The highest BCUT2D eigenvalue weighted by Crippen LogP contribution is 2.18. The number of hydrogen-bond donors (Lipinski definition) is 3. The minimum Gasteiger partial charge on any atom is -0.375 e. The van der Waals surface area contributed by atoms with Crippen LogP contribution in [-0.2, 0) is 10.0 Å². The maximum atomic E-state index is 11.6. The van der Waals surface area contributed by atoms with Gasteiger partial charge in [-0.25, -0.2) is 18.1 Å². The lowest BCUT2D eigenvalue weighted by Crippen LogP contribution is -2.18. The Bertz CT molecular complexity index is 620. The Morgan fingerprint density at radius 1 is 1.26 bits per heavy atom. The van der Waals surface area contributed by atoms with Gasteiger partial charge in [-0.05, 0) is 38.2 Å². The molecule has 0 radical (unpaired) electrons. The van der Waals surface area contributed by atoms with Gasteiger partial charge in [0.05, 0.1) is 10.9 Å². The van der Waals surface area contributed by atoms with E-state index in [4.69, 9.17) is 0 Å². The van der Waals surface area contributed by atoms with Gasteiger partial charge < -0.3 is 10.3 Å². The lowest BCUT2D eigenvalue weighted by atomic mass is 10.2. The van der Waals surface area contributed by atoms with Gasteiger partial charge in [0.2, 0.25) is 10.0 Å². The number of nitrogens with one attached hydrogen (secondary N) is 3. The summed E-state index contributed by atoms with van der Waals surface area (Å²) in [6, 6.07) is 6.58. The van der Waals surface area contributed by atoms with Gasteiger partial charge in [-0.1, -0.05) is 0 Å². The number of aromatic nitrogens is 2. The number of imidazole rings is 1. The molecule has 3 N–H and O–H groups in total. The molecule has 102 valence electrons. The number of rotatable bonds is 5. The van der Waals surface area contributed by atoms with Crippen molar-refractivity contribution in [2.45, 2.75) is 17.9 Å². The number of H-pyrrole nitrogens is 1. The van der Waals surface area contributed by atoms with Gasteiger partial charge in [0.1, 0.15) is 5.82 Å². The van der Waals surface area contributed by atoms with Crippen LogP contribution in [0.3, 0.4) is 0 Å². The molecule has 0 aliphatic carbocycles. The number of hydrogen-bond acceptors (Lipinski definition) is 4. The molecule has 0 aliphatic rings. The SMILES string of the molecule is CNS(=O)(=O)c1ccc(NC(C)c2ncc[nH]2)cc1. The van der Waals surface area contributed by atoms with E-state index in [0.717, 1.165) is 11.5 Å². The normalized spacial score (nSPS) is 13.2. The Morgan fingerprint density at radius 3 is 2.47 bits per heavy atom. The van der Waals surface area contributed by atoms with Crippen LogP contribution in [0.15, 0.2) is 41.6 Å². The lowest BCUT2D eigenvalue weighted by Gasteiger charge is -2.13. The molecule has 0 fully saturated rings. The van der Waals surface area contributed by atoms with Gasteiger partial charge in [0.25, 0.3) is 0 Å². The zero-order chi connectivity index (χ0) is 13.9. The van der Waals surface area contributed by atoms with Crippen molar-refractivity contribution in [3.05, 3.63) is 42.5 Å². The molecule has 6 nitrogen and oxygen atoms in total. The Kier molecular flexibility index (Phi) is 3.87. The molecule has 0 bridgehead atoms. The van der Waals surface area contributed by atoms with Crippen LogP contribution in [0.1, 0.15) is 18.8 Å². The van der Waals surface area contributed by atoms with E-state index in [9.17, 15) is 8.42 Å². The highest BCUT2D eigenvalue weighted by molar-refractivity contribution is 7.89. The molecule has 0 spiro atoms. The molecule has 2 aromatic rings. The predicted molar refractivity (Wildman–Crippen MR) is 73.3 cm³/mol. The summed E-state index contributed by atoms with van der Waals surface area (Å²) in [6.45, 7) is 1.97. The van der Waals surface area contributed by atoms with Gasteiger partial charge in [0.15, 0.2) is 0 Å². The first-order valence-electron chi connectivity index (χ1n) is 5.82. The topological polar surface area (TPSA) is 86.9 Å². The monoisotopic (exact) mass is 280 g/mol. The van der Waals surface area contributed by atoms with E-state index in [-0.39, 0.29) is 10.9 Å². The summed E-state index contributed by atoms with van der Waals surface area (Å²) in [5.74, 6) is 0.826. The molecule has 7 heteroatoms. The summed E-state index contributed by atoms with van der Waals surface area (Å²) in [7, 11) is -1.99. The fraction of sp³-hybridized carbons (Fsp3) is 0.250. The molecule has 1 heterocycles. The van der Waals surface area contributed by atoms with Gasteiger partial charge in [0, 0.05) is 18.1 Å². The first-order chi connectivity index (χ1) is 9.03. The van der Waals surface area contributed by atoms with Crippen LogP contribution in [0.25, 0.3) is 0 Å². The summed E-state index contributed by atoms with van der Waals surface area (Å²) in [5.41, 5.74) is 0.832. The van der Waals surface area contributed by atoms with Crippen molar-refractivity contribution in [2.24, 2.45) is 0 Å². The maximum absolute atomic E-state index is 11.6. The predicted octanol–water partition coefficient (Wildman–Crippen LogP) is 1.49. The van der Waals surface area contributed by atoms with Gasteiger partial charge in [-0.2, -0.15) is 0 Å². The number of anilines is 1. The van der Waals surface area contributed by atoms with E-state index in [1.807, 2.05) is 6.92 Å². The molecule has 0 saturated carbocycles. The summed E-state index contributed by atoms with van der Waals surface area (Å²) in [5, 5.41) is 3.23. The Labute approximate surface area is 112 Å². The molecule has 19 heavy (non-hydrogen) atoms. The lowest BCUT2D eigenvalue weighted by molar-refractivity contribution is 0.588. The zero-order valence-electron chi connectivity index (χ0n) is 10.7. The van der Waals surface area contributed by atoms with Crippen molar-refractivity contribution in [2.75, 3.05) is 12.4 Å². The molecular formula is C12H16N4O2S. The largest absolute Gasteiger partial charge is 0.375 e. The minimum absolute atomic E-state index is 0.0155. The summed E-state index contributed by atoms with van der Waals surface area (Å²) >= 11 is 0. The number of nitrogens with zero attached hydrogens (tertiary/aromatic N) is 1.